The second-order valence-electron chi connectivity index (χ2n) is 6.33. The smallest absolute Gasteiger partial charge is 0.0386 e. The summed E-state index contributed by atoms with van der Waals surface area (Å²) in [5.41, 5.74) is 0. The van der Waals surface area contributed by atoms with Crippen LogP contribution in [0.4, 0.5) is 0 Å². The molecule has 1 rings (SSSR count). The normalized spacial score (nSPS) is 28.6. The van der Waals surface area contributed by atoms with Gasteiger partial charge in [0, 0.05) is 0 Å². The molecule has 0 bridgehead atoms. The van der Waals surface area contributed by atoms with Gasteiger partial charge in [-0.3, -0.25) is 0 Å². The zero-order chi connectivity index (χ0) is 11.3. The molecule has 0 aromatic rings. The van der Waals surface area contributed by atoms with E-state index in [2.05, 4.69) is 27.7 Å². The molecule has 0 radical (unpaired) electrons. The summed E-state index contributed by atoms with van der Waals surface area (Å²) in [6, 6.07) is 0. The molecule has 0 amide bonds. The fourth-order valence-electron chi connectivity index (χ4n) is 3.08. The van der Waals surface area contributed by atoms with Crippen LogP contribution in [0.15, 0.2) is 0 Å². The Morgan fingerprint density at radius 1 is 1.07 bits per heavy atom. The molecule has 0 nitrogen and oxygen atoms in total. The average Bonchev–Trinajstić information content (AvgIpc) is 2.51. The molecule has 0 aliphatic heterocycles. The standard InChI is InChI=1S/C15H30/c1-12(2)7-5-8-13(3)11-15-10-6-9-14(15)4/h12-15H,5-11H2,1-4H3. The van der Waals surface area contributed by atoms with E-state index in [1.807, 2.05) is 0 Å². The average molecular weight is 210 g/mol. The Kier molecular flexibility index (Phi) is 5.71. The second kappa shape index (κ2) is 6.55. The quantitative estimate of drug-likeness (QED) is 0.560. The minimum atomic E-state index is 0.891. The lowest BCUT2D eigenvalue weighted by Crippen LogP contribution is -2.09. The Labute approximate surface area is 96.8 Å². The summed E-state index contributed by atoms with van der Waals surface area (Å²) in [7, 11) is 0. The molecule has 0 spiro atoms. The molecule has 0 aromatic carbocycles. The molecule has 0 heterocycles. The summed E-state index contributed by atoms with van der Waals surface area (Å²) in [4.78, 5) is 0. The summed E-state index contributed by atoms with van der Waals surface area (Å²) in [5.74, 6) is 3.92. The molecular formula is C15H30. The fraction of sp³-hybridized carbons (Fsp3) is 1.00. The van der Waals surface area contributed by atoms with Crippen molar-refractivity contribution in [1.82, 2.24) is 0 Å². The van der Waals surface area contributed by atoms with Crippen molar-refractivity contribution in [2.24, 2.45) is 23.7 Å². The van der Waals surface area contributed by atoms with Crippen LogP contribution in [0.5, 0.6) is 0 Å². The van der Waals surface area contributed by atoms with Crippen molar-refractivity contribution in [3.05, 3.63) is 0 Å². The molecule has 0 saturated heterocycles. The highest BCUT2D eigenvalue weighted by Crippen LogP contribution is 2.36. The number of hydrogen-bond donors (Lipinski definition) is 0. The first-order valence-corrected chi connectivity index (χ1v) is 7.09. The van der Waals surface area contributed by atoms with E-state index >= 15 is 0 Å². The van der Waals surface area contributed by atoms with Crippen molar-refractivity contribution in [1.29, 1.82) is 0 Å². The van der Waals surface area contributed by atoms with Gasteiger partial charge < -0.3 is 0 Å². The van der Waals surface area contributed by atoms with E-state index in [-0.39, 0.29) is 0 Å². The third kappa shape index (κ3) is 5.04. The second-order valence-corrected chi connectivity index (χ2v) is 6.33. The molecule has 1 saturated carbocycles. The van der Waals surface area contributed by atoms with Gasteiger partial charge in [-0.25, -0.2) is 0 Å². The SMILES string of the molecule is CC(C)CCCC(C)CC1CCCC1C. The van der Waals surface area contributed by atoms with E-state index in [9.17, 15) is 0 Å². The first-order chi connectivity index (χ1) is 7.09. The van der Waals surface area contributed by atoms with Crippen molar-refractivity contribution < 1.29 is 0 Å². The van der Waals surface area contributed by atoms with Crippen LogP contribution < -0.4 is 0 Å². The lowest BCUT2D eigenvalue weighted by Gasteiger charge is -2.20. The highest BCUT2D eigenvalue weighted by molar-refractivity contribution is 4.75. The fourth-order valence-corrected chi connectivity index (χ4v) is 3.08. The number of hydrogen-bond acceptors (Lipinski definition) is 0. The lowest BCUT2D eigenvalue weighted by molar-refractivity contribution is 0.311. The van der Waals surface area contributed by atoms with Crippen LogP contribution in [0.2, 0.25) is 0 Å². The summed E-state index contributed by atoms with van der Waals surface area (Å²) >= 11 is 0. The predicted molar refractivity (Wildman–Crippen MR) is 69.0 cm³/mol. The molecule has 0 heteroatoms. The van der Waals surface area contributed by atoms with Crippen molar-refractivity contribution >= 4 is 0 Å². The van der Waals surface area contributed by atoms with Crippen LogP contribution in [-0.2, 0) is 0 Å². The molecule has 1 fully saturated rings. The predicted octanol–water partition coefficient (Wildman–Crippen LogP) is 5.28. The highest BCUT2D eigenvalue weighted by atomic mass is 14.3. The van der Waals surface area contributed by atoms with Gasteiger partial charge in [0.1, 0.15) is 0 Å². The van der Waals surface area contributed by atoms with Gasteiger partial charge in [0.25, 0.3) is 0 Å². The van der Waals surface area contributed by atoms with Gasteiger partial charge in [-0.1, -0.05) is 66.2 Å². The summed E-state index contributed by atoms with van der Waals surface area (Å²) in [5, 5.41) is 0. The summed E-state index contributed by atoms with van der Waals surface area (Å²) in [6.07, 6.45) is 10.3. The molecule has 0 N–H and O–H groups in total. The minimum Gasteiger partial charge on any atom is -0.0628 e. The first-order valence-electron chi connectivity index (χ1n) is 7.09. The third-order valence-corrected chi connectivity index (χ3v) is 4.22. The van der Waals surface area contributed by atoms with Crippen molar-refractivity contribution in [2.45, 2.75) is 72.6 Å². The van der Waals surface area contributed by atoms with Crippen LogP contribution >= 0.6 is 0 Å². The zero-order valence-corrected chi connectivity index (χ0v) is 11.3. The van der Waals surface area contributed by atoms with E-state index in [0.29, 0.717) is 0 Å². The van der Waals surface area contributed by atoms with Gasteiger partial charge in [0.2, 0.25) is 0 Å². The molecule has 3 unspecified atom stereocenters. The van der Waals surface area contributed by atoms with E-state index in [0.717, 1.165) is 23.7 Å². The van der Waals surface area contributed by atoms with Crippen LogP contribution in [0.25, 0.3) is 0 Å². The summed E-state index contributed by atoms with van der Waals surface area (Å²) in [6.45, 7) is 9.59. The van der Waals surface area contributed by atoms with Crippen LogP contribution in [-0.4, -0.2) is 0 Å². The lowest BCUT2D eigenvalue weighted by atomic mass is 9.86. The Balaban J connectivity index is 2.09. The van der Waals surface area contributed by atoms with E-state index in [1.54, 1.807) is 0 Å². The maximum atomic E-state index is 2.46. The molecule has 3 atom stereocenters. The molecule has 0 aromatic heterocycles. The van der Waals surface area contributed by atoms with Gasteiger partial charge in [0.05, 0.1) is 0 Å². The molecular weight excluding hydrogens is 180 g/mol. The Hall–Kier alpha value is 0. The Morgan fingerprint density at radius 3 is 2.33 bits per heavy atom. The maximum absolute atomic E-state index is 2.46. The van der Waals surface area contributed by atoms with Crippen LogP contribution in [0, 0.1) is 23.7 Å². The van der Waals surface area contributed by atoms with E-state index < -0.39 is 0 Å². The van der Waals surface area contributed by atoms with Gasteiger partial charge in [0.15, 0.2) is 0 Å². The minimum absolute atomic E-state index is 0.891. The van der Waals surface area contributed by atoms with Gasteiger partial charge in [-0.05, 0) is 30.1 Å². The Morgan fingerprint density at radius 2 is 1.80 bits per heavy atom. The van der Waals surface area contributed by atoms with E-state index in [1.165, 1.54) is 44.9 Å². The maximum Gasteiger partial charge on any atom is -0.0386 e. The Bertz CT molecular complexity index is 159. The van der Waals surface area contributed by atoms with Gasteiger partial charge in [-0.2, -0.15) is 0 Å². The summed E-state index contributed by atoms with van der Waals surface area (Å²) < 4.78 is 0. The number of rotatable bonds is 6. The van der Waals surface area contributed by atoms with Crippen molar-refractivity contribution in [3.8, 4) is 0 Å². The highest BCUT2D eigenvalue weighted by Gasteiger charge is 2.24. The van der Waals surface area contributed by atoms with Gasteiger partial charge in [-0.15, -0.1) is 0 Å². The topological polar surface area (TPSA) is 0 Å². The van der Waals surface area contributed by atoms with Crippen molar-refractivity contribution in [3.63, 3.8) is 0 Å². The zero-order valence-electron chi connectivity index (χ0n) is 11.3. The van der Waals surface area contributed by atoms with Crippen LogP contribution in [0.1, 0.15) is 72.6 Å². The van der Waals surface area contributed by atoms with Crippen LogP contribution in [0.3, 0.4) is 0 Å². The third-order valence-electron chi connectivity index (χ3n) is 4.22. The molecule has 1 aliphatic carbocycles. The monoisotopic (exact) mass is 210 g/mol. The largest absolute Gasteiger partial charge is 0.0628 e. The van der Waals surface area contributed by atoms with Gasteiger partial charge >= 0.3 is 0 Å². The first kappa shape index (κ1) is 13.1. The molecule has 1 aliphatic rings. The van der Waals surface area contributed by atoms with Crippen molar-refractivity contribution in [2.75, 3.05) is 0 Å². The van der Waals surface area contributed by atoms with E-state index in [4.69, 9.17) is 0 Å². The molecule has 15 heavy (non-hydrogen) atoms. The molecule has 90 valence electrons.